The van der Waals surface area contributed by atoms with Gasteiger partial charge in [-0.2, -0.15) is 13.2 Å². The van der Waals surface area contributed by atoms with Gasteiger partial charge in [-0.15, -0.1) is 0 Å². The molecule has 0 aromatic heterocycles. The summed E-state index contributed by atoms with van der Waals surface area (Å²) in [5, 5.41) is 12.2. The number of urea groups is 1. The average Bonchev–Trinajstić information content (AvgIpc) is 1.96. The number of carboxylic acid groups (broad SMARTS) is 1. The molecule has 100 valence electrons. The molecule has 0 aliphatic heterocycles. The zero-order valence-electron chi connectivity index (χ0n) is 9.90. The quantitative estimate of drug-likeness (QED) is 0.700. The summed E-state index contributed by atoms with van der Waals surface area (Å²) in [4.78, 5) is 21.8. The van der Waals surface area contributed by atoms with E-state index < -0.39 is 29.3 Å². The Labute approximate surface area is 96.4 Å². The van der Waals surface area contributed by atoms with Gasteiger partial charge in [0, 0.05) is 5.54 Å². The number of rotatable bonds is 2. The molecule has 0 saturated carbocycles. The van der Waals surface area contributed by atoms with E-state index in [1.165, 1.54) is 5.32 Å². The van der Waals surface area contributed by atoms with Crippen molar-refractivity contribution in [3.8, 4) is 0 Å². The van der Waals surface area contributed by atoms with Crippen LogP contribution in [0.2, 0.25) is 0 Å². The molecule has 1 unspecified atom stereocenters. The maximum atomic E-state index is 12.5. The summed E-state index contributed by atoms with van der Waals surface area (Å²) in [6, 6.07) is -1.19. The van der Waals surface area contributed by atoms with E-state index in [9.17, 15) is 22.8 Å². The highest BCUT2D eigenvalue weighted by Crippen LogP contribution is 2.30. The van der Waals surface area contributed by atoms with E-state index in [0.29, 0.717) is 6.92 Å². The Kier molecular flexibility index (Phi) is 4.04. The fourth-order valence-corrected chi connectivity index (χ4v) is 0.844. The van der Waals surface area contributed by atoms with Gasteiger partial charge in [-0.25, -0.2) is 9.59 Å². The first-order valence-electron chi connectivity index (χ1n) is 4.70. The molecule has 0 fully saturated rings. The van der Waals surface area contributed by atoms with Crippen molar-refractivity contribution in [2.24, 2.45) is 0 Å². The summed E-state index contributed by atoms with van der Waals surface area (Å²) in [7, 11) is 0. The maximum absolute atomic E-state index is 12.5. The van der Waals surface area contributed by atoms with Gasteiger partial charge in [0.15, 0.2) is 0 Å². The Hall–Kier alpha value is -1.47. The second-order valence-electron chi connectivity index (χ2n) is 4.76. The number of carboxylic acids is 1. The first-order chi connectivity index (χ1) is 7.29. The minimum atomic E-state index is -5.09. The number of hydrogen-bond acceptors (Lipinski definition) is 2. The van der Waals surface area contributed by atoms with E-state index in [1.54, 1.807) is 20.8 Å². The Balaban J connectivity index is 4.93. The molecule has 5 nitrogen and oxygen atoms in total. The Morgan fingerprint density at radius 3 is 1.65 bits per heavy atom. The van der Waals surface area contributed by atoms with Crippen molar-refractivity contribution in [2.75, 3.05) is 0 Å². The lowest BCUT2D eigenvalue weighted by Crippen LogP contribution is -2.64. The van der Waals surface area contributed by atoms with Crippen LogP contribution in [-0.4, -0.2) is 34.4 Å². The van der Waals surface area contributed by atoms with Crippen LogP contribution in [0.25, 0.3) is 0 Å². The van der Waals surface area contributed by atoms with Gasteiger partial charge < -0.3 is 15.7 Å². The molecule has 0 aromatic rings. The van der Waals surface area contributed by atoms with Gasteiger partial charge in [0.1, 0.15) is 0 Å². The van der Waals surface area contributed by atoms with Crippen LogP contribution in [0.1, 0.15) is 27.7 Å². The monoisotopic (exact) mass is 256 g/mol. The molecule has 0 saturated heterocycles. The van der Waals surface area contributed by atoms with E-state index in [1.807, 2.05) is 0 Å². The summed E-state index contributed by atoms with van der Waals surface area (Å²) >= 11 is 0. The van der Waals surface area contributed by atoms with E-state index in [2.05, 4.69) is 5.32 Å². The van der Waals surface area contributed by atoms with Crippen LogP contribution in [0.3, 0.4) is 0 Å². The second-order valence-corrected chi connectivity index (χ2v) is 4.76. The van der Waals surface area contributed by atoms with Gasteiger partial charge in [-0.05, 0) is 27.7 Å². The molecule has 0 radical (unpaired) electrons. The molecule has 2 amide bonds. The molecular weight excluding hydrogens is 241 g/mol. The normalized spacial score (nSPS) is 15.9. The molecule has 0 rings (SSSR count). The third-order valence-electron chi connectivity index (χ3n) is 1.85. The third kappa shape index (κ3) is 4.12. The third-order valence-corrected chi connectivity index (χ3v) is 1.85. The fourth-order valence-electron chi connectivity index (χ4n) is 0.844. The van der Waals surface area contributed by atoms with E-state index >= 15 is 0 Å². The molecule has 0 aromatic carbocycles. The Morgan fingerprint density at radius 2 is 1.41 bits per heavy atom. The molecule has 0 spiro atoms. The number of carbonyl (C=O) groups excluding carboxylic acids is 1. The van der Waals surface area contributed by atoms with Crippen LogP contribution < -0.4 is 10.6 Å². The first kappa shape index (κ1) is 15.5. The SMILES string of the molecule is CC(C)(C)NC(=O)NC(C)(C(=O)O)C(F)(F)F. The Morgan fingerprint density at radius 1 is 1.00 bits per heavy atom. The number of hydrogen-bond donors (Lipinski definition) is 3. The predicted octanol–water partition coefficient (Wildman–Crippen LogP) is 1.49. The minimum absolute atomic E-state index is 0.386. The van der Waals surface area contributed by atoms with Gasteiger partial charge >= 0.3 is 18.2 Å². The molecule has 0 heterocycles. The van der Waals surface area contributed by atoms with Crippen LogP contribution >= 0.6 is 0 Å². The van der Waals surface area contributed by atoms with Crippen LogP contribution in [0, 0.1) is 0 Å². The van der Waals surface area contributed by atoms with Gasteiger partial charge in [0.2, 0.25) is 5.54 Å². The van der Waals surface area contributed by atoms with Gasteiger partial charge in [-0.1, -0.05) is 0 Å². The van der Waals surface area contributed by atoms with E-state index in [4.69, 9.17) is 5.11 Å². The number of halogens is 3. The molecular formula is C9H15F3N2O3. The lowest BCUT2D eigenvalue weighted by molar-refractivity contribution is -0.203. The Bertz CT molecular complexity index is 322. The average molecular weight is 256 g/mol. The lowest BCUT2D eigenvalue weighted by atomic mass is 10.0. The summed E-state index contributed by atoms with van der Waals surface area (Å²) in [5.41, 5.74) is -4.09. The molecule has 0 aliphatic carbocycles. The zero-order valence-corrected chi connectivity index (χ0v) is 9.90. The largest absolute Gasteiger partial charge is 0.479 e. The number of nitrogens with one attached hydrogen (secondary N) is 2. The molecule has 1 atom stereocenters. The summed E-state index contributed by atoms with van der Waals surface area (Å²) in [5.74, 6) is -2.17. The number of amides is 2. The van der Waals surface area contributed by atoms with Crippen molar-refractivity contribution in [1.29, 1.82) is 0 Å². The number of carbonyl (C=O) groups is 2. The first-order valence-corrected chi connectivity index (χ1v) is 4.70. The topological polar surface area (TPSA) is 78.4 Å². The summed E-state index contributed by atoms with van der Waals surface area (Å²) < 4.78 is 37.6. The van der Waals surface area contributed by atoms with Crippen LogP contribution in [0.15, 0.2) is 0 Å². The fraction of sp³-hybridized carbons (Fsp3) is 0.778. The van der Waals surface area contributed by atoms with Gasteiger partial charge in [0.05, 0.1) is 0 Å². The second kappa shape index (κ2) is 4.42. The van der Waals surface area contributed by atoms with Gasteiger partial charge in [0.25, 0.3) is 0 Å². The van der Waals surface area contributed by atoms with Crippen molar-refractivity contribution in [3.63, 3.8) is 0 Å². The molecule has 0 bridgehead atoms. The molecule has 0 aliphatic rings. The highest BCUT2D eigenvalue weighted by Gasteiger charge is 2.58. The van der Waals surface area contributed by atoms with E-state index in [0.717, 1.165) is 0 Å². The van der Waals surface area contributed by atoms with Crippen LogP contribution in [0.5, 0.6) is 0 Å². The molecule has 17 heavy (non-hydrogen) atoms. The standard InChI is InChI=1S/C9H15F3N2O3/c1-7(2,3)13-6(17)14-8(4,5(15)16)9(10,11)12/h1-4H3,(H,15,16)(H2,13,14,17). The van der Waals surface area contributed by atoms with Crippen molar-refractivity contribution in [1.82, 2.24) is 10.6 Å². The summed E-state index contributed by atoms with van der Waals surface area (Å²) in [6.07, 6.45) is -5.09. The molecule has 8 heteroatoms. The van der Waals surface area contributed by atoms with Crippen molar-refractivity contribution < 1.29 is 27.9 Å². The van der Waals surface area contributed by atoms with E-state index in [-0.39, 0.29) is 0 Å². The highest BCUT2D eigenvalue weighted by atomic mass is 19.4. The lowest BCUT2D eigenvalue weighted by Gasteiger charge is -2.30. The molecule has 3 N–H and O–H groups in total. The van der Waals surface area contributed by atoms with Crippen LogP contribution in [-0.2, 0) is 4.79 Å². The number of alkyl halides is 3. The van der Waals surface area contributed by atoms with Crippen molar-refractivity contribution in [2.45, 2.75) is 44.9 Å². The van der Waals surface area contributed by atoms with Crippen molar-refractivity contribution >= 4 is 12.0 Å². The predicted molar refractivity (Wildman–Crippen MR) is 53.5 cm³/mol. The number of aliphatic carboxylic acids is 1. The minimum Gasteiger partial charge on any atom is -0.479 e. The smallest absolute Gasteiger partial charge is 0.422 e. The summed E-state index contributed by atoms with van der Waals surface area (Å²) in [6.45, 7) is 5.05. The maximum Gasteiger partial charge on any atom is 0.422 e. The highest BCUT2D eigenvalue weighted by molar-refractivity contribution is 5.87. The zero-order chi connectivity index (χ0) is 14.1. The van der Waals surface area contributed by atoms with Crippen molar-refractivity contribution in [3.05, 3.63) is 0 Å². The van der Waals surface area contributed by atoms with Crippen LogP contribution in [0.4, 0.5) is 18.0 Å². The van der Waals surface area contributed by atoms with Gasteiger partial charge in [-0.3, -0.25) is 0 Å².